The average Bonchev–Trinajstić information content (AvgIpc) is 2.89. The number of carbonyl (C=O) groups is 1. The molecule has 3 aromatic rings. The van der Waals surface area contributed by atoms with E-state index in [0.717, 1.165) is 27.7 Å². The van der Waals surface area contributed by atoms with Crippen LogP contribution in [0.4, 0.5) is 0 Å². The zero-order valence-corrected chi connectivity index (χ0v) is 14.5. The monoisotopic (exact) mass is 324 g/mol. The first-order chi connectivity index (χ1) is 11.3. The summed E-state index contributed by atoms with van der Waals surface area (Å²) in [5.74, 6) is 0.890. The van der Waals surface area contributed by atoms with Gasteiger partial charge in [-0.15, -0.1) is 0 Å². The Hall–Kier alpha value is -2.76. The molecule has 3 rings (SSSR count). The topological polar surface area (TPSA) is 72.1 Å². The largest absolute Gasteiger partial charge is 0.337 e. The number of benzene rings is 1. The highest BCUT2D eigenvalue weighted by molar-refractivity contribution is 6.07. The summed E-state index contributed by atoms with van der Waals surface area (Å²) in [7, 11) is 1.73. The number of amides is 1. The Balaban J connectivity index is 2.02. The van der Waals surface area contributed by atoms with E-state index in [0.29, 0.717) is 17.3 Å². The Labute approximate surface area is 140 Å². The molecule has 0 fully saturated rings. The molecule has 6 heteroatoms. The molecule has 2 aromatic heterocycles. The molecule has 0 atom stereocenters. The molecule has 1 amide bonds. The second kappa shape index (κ2) is 6.03. The van der Waals surface area contributed by atoms with Gasteiger partial charge in [0.15, 0.2) is 5.82 Å². The molecule has 6 nitrogen and oxygen atoms in total. The van der Waals surface area contributed by atoms with Crippen LogP contribution in [0, 0.1) is 27.7 Å². The smallest absolute Gasteiger partial charge is 0.254 e. The maximum absolute atomic E-state index is 13.0. The zero-order chi connectivity index (χ0) is 17.4. The summed E-state index contributed by atoms with van der Waals surface area (Å²) >= 11 is 0. The lowest BCUT2D eigenvalue weighted by atomic mass is 10.00. The van der Waals surface area contributed by atoms with E-state index in [1.54, 1.807) is 18.9 Å². The number of nitrogens with zero attached hydrogens (tertiary/aromatic N) is 4. The molecule has 1 aromatic carbocycles. The lowest BCUT2D eigenvalue weighted by Gasteiger charge is -2.17. The molecule has 0 N–H and O–H groups in total. The van der Waals surface area contributed by atoms with Gasteiger partial charge in [-0.3, -0.25) is 9.78 Å². The standard InChI is InChI=1S/C18H20N4O2/c1-10-6-11(2)17-14(8-12(3)19-15(17)7-10)18(23)22(5)9-16-20-13(4)21-24-16/h6-8H,9H2,1-5H3. The summed E-state index contributed by atoms with van der Waals surface area (Å²) in [6.45, 7) is 7.95. The van der Waals surface area contributed by atoms with Crippen LogP contribution in [0.2, 0.25) is 0 Å². The summed E-state index contributed by atoms with van der Waals surface area (Å²) in [6.07, 6.45) is 0. The highest BCUT2D eigenvalue weighted by atomic mass is 16.5. The van der Waals surface area contributed by atoms with E-state index in [-0.39, 0.29) is 12.5 Å². The van der Waals surface area contributed by atoms with E-state index >= 15 is 0 Å². The summed E-state index contributed by atoms with van der Waals surface area (Å²) in [5.41, 5.74) is 4.48. The Kier molecular flexibility index (Phi) is 4.05. The van der Waals surface area contributed by atoms with Gasteiger partial charge in [0.05, 0.1) is 17.6 Å². The molecule has 0 bridgehead atoms. The lowest BCUT2D eigenvalue weighted by molar-refractivity contribution is 0.0771. The number of carbonyl (C=O) groups excluding carboxylic acids is 1. The predicted octanol–water partition coefficient (Wildman–Crippen LogP) is 3.12. The van der Waals surface area contributed by atoms with Gasteiger partial charge in [0.2, 0.25) is 5.89 Å². The summed E-state index contributed by atoms with van der Waals surface area (Å²) in [5, 5.41) is 4.65. The first-order valence-corrected chi connectivity index (χ1v) is 7.78. The highest BCUT2D eigenvalue weighted by Gasteiger charge is 2.19. The van der Waals surface area contributed by atoms with Crippen molar-refractivity contribution >= 4 is 16.8 Å². The number of aryl methyl sites for hydroxylation is 4. The molecule has 0 aliphatic rings. The quantitative estimate of drug-likeness (QED) is 0.740. The Morgan fingerprint density at radius 1 is 1.12 bits per heavy atom. The third-order valence-corrected chi connectivity index (χ3v) is 3.90. The molecule has 0 aliphatic heterocycles. The normalized spacial score (nSPS) is 11.0. The van der Waals surface area contributed by atoms with Crippen molar-refractivity contribution in [3.05, 3.63) is 52.3 Å². The van der Waals surface area contributed by atoms with Crippen LogP contribution in [0.25, 0.3) is 10.9 Å². The van der Waals surface area contributed by atoms with Crippen LogP contribution in [0.5, 0.6) is 0 Å². The van der Waals surface area contributed by atoms with E-state index in [9.17, 15) is 4.79 Å². The van der Waals surface area contributed by atoms with Gasteiger partial charge in [-0.2, -0.15) is 4.98 Å². The van der Waals surface area contributed by atoms with Crippen LogP contribution in [-0.2, 0) is 6.54 Å². The van der Waals surface area contributed by atoms with Crippen molar-refractivity contribution in [2.24, 2.45) is 0 Å². The molecule has 2 heterocycles. The SMILES string of the molecule is Cc1cc(C)c2c(C(=O)N(C)Cc3nc(C)no3)cc(C)nc2c1. The Morgan fingerprint density at radius 3 is 2.54 bits per heavy atom. The van der Waals surface area contributed by atoms with Crippen molar-refractivity contribution in [3.8, 4) is 0 Å². The maximum Gasteiger partial charge on any atom is 0.254 e. The molecular weight excluding hydrogens is 304 g/mol. The molecule has 24 heavy (non-hydrogen) atoms. The minimum Gasteiger partial charge on any atom is -0.337 e. The lowest BCUT2D eigenvalue weighted by Crippen LogP contribution is -2.27. The van der Waals surface area contributed by atoms with Crippen molar-refractivity contribution < 1.29 is 9.32 Å². The third-order valence-electron chi connectivity index (χ3n) is 3.90. The predicted molar refractivity (Wildman–Crippen MR) is 90.8 cm³/mol. The Morgan fingerprint density at radius 2 is 1.88 bits per heavy atom. The van der Waals surface area contributed by atoms with E-state index in [4.69, 9.17) is 4.52 Å². The first-order valence-electron chi connectivity index (χ1n) is 7.78. The molecule has 0 aliphatic carbocycles. The number of aromatic nitrogens is 3. The maximum atomic E-state index is 13.0. The first kappa shape index (κ1) is 16.1. The van der Waals surface area contributed by atoms with Crippen molar-refractivity contribution in [3.63, 3.8) is 0 Å². The fourth-order valence-electron chi connectivity index (χ4n) is 2.94. The van der Waals surface area contributed by atoms with Crippen molar-refractivity contribution in [1.29, 1.82) is 0 Å². The van der Waals surface area contributed by atoms with Gasteiger partial charge in [-0.05, 0) is 51.0 Å². The molecule has 0 radical (unpaired) electrons. The van der Waals surface area contributed by atoms with E-state index < -0.39 is 0 Å². The fraction of sp³-hybridized carbons (Fsp3) is 0.333. The van der Waals surface area contributed by atoms with Gasteiger partial charge in [-0.25, -0.2) is 0 Å². The van der Waals surface area contributed by atoms with Crippen LogP contribution < -0.4 is 0 Å². The average molecular weight is 324 g/mol. The van der Waals surface area contributed by atoms with Gasteiger partial charge in [0.1, 0.15) is 0 Å². The summed E-state index contributed by atoms with van der Waals surface area (Å²) < 4.78 is 5.10. The molecule has 0 spiro atoms. The second-order valence-corrected chi connectivity index (χ2v) is 6.18. The number of hydrogen-bond acceptors (Lipinski definition) is 5. The number of hydrogen-bond donors (Lipinski definition) is 0. The van der Waals surface area contributed by atoms with Crippen molar-refractivity contribution in [1.82, 2.24) is 20.0 Å². The minimum atomic E-state index is -0.0895. The van der Waals surface area contributed by atoms with E-state index in [1.165, 1.54) is 0 Å². The van der Waals surface area contributed by atoms with Gasteiger partial charge in [0.25, 0.3) is 5.91 Å². The molecule has 0 unspecified atom stereocenters. The fourth-order valence-corrected chi connectivity index (χ4v) is 2.94. The molecule has 124 valence electrons. The van der Waals surface area contributed by atoms with Crippen LogP contribution in [0.3, 0.4) is 0 Å². The van der Waals surface area contributed by atoms with Crippen LogP contribution in [0.15, 0.2) is 22.7 Å². The summed E-state index contributed by atoms with van der Waals surface area (Å²) in [4.78, 5) is 23.3. The molecule has 0 saturated carbocycles. The van der Waals surface area contributed by atoms with E-state index in [1.807, 2.05) is 32.9 Å². The summed E-state index contributed by atoms with van der Waals surface area (Å²) in [6, 6.07) is 5.91. The van der Waals surface area contributed by atoms with Crippen LogP contribution >= 0.6 is 0 Å². The zero-order valence-electron chi connectivity index (χ0n) is 14.5. The number of fused-ring (bicyclic) bond motifs is 1. The third kappa shape index (κ3) is 2.99. The van der Waals surface area contributed by atoms with Gasteiger partial charge in [0, 0.05) is 18.1 Å². The van der Waals surface area contributed by atoms with Gasteiger partial charge >= 0.3 is 0 Å². The highest BCUT2D eigenvalue weighted by Crippen LogP contribution is 2.25. The van der Waals surface area contributed by atoms with Crippen molar-refractivity contribution in [2.75, 3.05) is 7.05 Å². The van der Waals surface area contributed by atoms with Crippen LogP contribution in [0.1, 0.15) is 38.9 Å². The van der Waals surface area contributed by atoms with Crippen LogP contribution in [-0.4, -0.2) is 33.0 Å². The van der Waals surface area contributed by atoms with E-state index in [2.05, 4.69) is 21.2 Å². The van der Waals surface area contributed by atoms with Gasteiger partial charge in [-0.1, -0.05) is 11.2 Å². The van der Waals surface area contributed by atoms with Gasteiger partial charge < -0.3 is 9.42 Å². The number of pyridine rings is 1. The molecular formula is C18H20N4O2. The Bertz CT molecular complexity index is 925. The second-order valence-electron chi connectivity index (χ2n) is 6.18. The number of rotatable bonds is 3. The molecule has 0 saturated heterocycles. The minimum absolute atomic E-state index is 0.0895. The van der Waals surface area contributed by atoms with Crippen molar-refractivity contribution in [2.45, 2.75) is 34.2 Å².